The minimum atomic E-state index is -0.762. The van der Waals surface area contributed by atoms with Gasteiger partial charge in [-0.3, -0.25) is 4.79 Å². The molecule has 4 aromatic rings. The second-order valence-corrected chi connectivity index (χ2v) is 7.75. The Morgan fingerprint density at radius 1 is 1.18 bits per heavy atom. The zero-order valence-electron chi connectivity index (χ0n) is 19.2. The van der Waals surface area contributed by atoms with Crippen molar-refractivity contribution in [3.63, 3.8) is 0 Å². The van der Waals surface area contributed by atoms with E-state index in [9.17, 15) is 14.9 Å². The van der Waals surface area contributed by atoms with E-state index in [1.807, 2.05) is 13.8 Å². The number of ether oxygens (including phenoxy) is 2. The van der Waals surface area contributed by atoms with Crippen LogP contribution in [0.2, 0.25) is 0 Å². The number of anilines is 1. The van der Waals surface area contributed by atoms with Crippen LogP contribution >= 0.6 is 0 Å². The van der Waals surface area contributed by atoms with E-state index < -0.39 is 18.5 Å². The Balaban J connectivity index is 1.50. The van der Waals surface area contributed by atoms with Crippen LogP contribution in [0.5, 0.6) is 5.75 Å². The lowest BCUT2D eigenvalue weighted by Crippen LogP contribution is -2.23. The minimum absolute atomic E-state index is 0.0154. The molecule has 3 heterocycles. The molecule has 3 aromatic heterocycles. The van der Waals surface area contributed by atoms with Crippen molar-refractivity contribution in [3.05, 3.63) is 70.5 Å². The molecule has 34 heavy (non-hydrogen) atoms. The summed E-state index contributed by atoms with van der Waals surface area (Å²) >= 11 is 0. The number of nitrogens with one attached hydrogen (secondary N) is 1. The quantitative estimate of drug-likeness (QED) is 0.403. The summed E-state index contributed by atoms with van der Waals surface area (Å²) in [6.45, 7) is 5.18. The van der Waals surface area contributed by atoms with Gasteiger partial charge in [0.15, 0.2) is 6.61 Å². The molecule has 0 aliphatic heterocycles. The predicted molar refractivity (Wildman–Crippen MR) is 123 cm³/mol. The minimum Gasteiger partial charge on any atom is -0.497 e. The summed E-state index contributed by atoms with van der Waals surface area (Å²) in [5, 5.41) is 13.1. The van der Waals surface area contributed by atoms with Crippen LogP contribution in [-0.4, -0.2) is 30.2 Å². The second kappa shape index (κ2) is 9.19. The topological polar surface area (TPSA) is 120 Å². The average molecular weight is 461 g/mol. The van der Waals surface area contributed by atoms with E-state index in [0.29, 0.717) is 40.6 Å². The van der Waals surface area contributed by atoms with Gasteiger partial charge in [-0.2, -0.15) is 5.26 Å². The molecule has 1 aromatic carbocycles. The zero-order valence-corrected chi connectivity index (χ0v) is 19.2. The first-order chi connectivity index (χ1) is 16.3. The number of amides is 1. The fraction of sp³-hybridized carbons (Fsp3) is 0.240. The van der Waals surface area contributed by atoms with Gasteiger partial charge in [-0.15, -0.1) is 0 Å². The van der Waals surface area contributed by atoms with Gasteiger partial charge in [0.2, 0.25) is 5.76 Å². The number of rotatable bonds is 7. The molecule has 0 saturated heterocycles. The van der Waals surface area contributed by atoms with Crippen molar-refractivity contribution >= 4 is 28.7 Å². The highest BCUT2D eigenvalue weighted by Gasteiger charge is 2.23. The van der Waals surface area contributed by atoms with Gasteiger partial charge in [0.05, 0.1) is 25.5 Å². The molecule has 0 atom stereocenters. The van der Waals surface area contributed by atoms with Crippen LogP contribution in [0.3, 0.4) is 0 Å². The Labute approximate surface area is 195 Å². The van der Waals surface area contributed by atoms with E-state index >= 15 is 0 Å². The number of esters is 1. The zero-order chi connectivity index (χ0) is 24.4. The lowest BCUT2D eigenvalue weighted by atomic mass is 10.1. The van der Waals surface area contributed by atoms with Gasteiger partial charge in [0.1, 0.15) is 29.0 Å². The molecule has 0 saturated carbocycles. The highest BCUT2D eigenvalue weighted by Crippen LogP contribution is 2.30. The Morgan fingerprint density at radius 2 is 1.97 bits per heavy atom. The van der Waals surface area contributed by atoms with Gasteiger partial charge >= 0.3 is 5.97 Å². The maximum Gasteiger partial charge on any atom is 0.375 e. The number of carbonyl (C=O) groups excluding carboxylic acids is 2. The fourth-order valence-corrected chi connectivity index (χ4v) is 3.77. The molecular formula is C25H23N3O6. The molecule has 0 fully saturated rings. The summed E-state index contributed by atoms with van der Waals surface area (Å²) in [6, 6.07) is 10.9. The largest absolute Gasteiger partial charge is 0.497 e. The van der Waals surface area contributed by atoms with E-state index in [1.54, 1.807) is 55.2 Å². The first-order valence-electron chi connectivity index (χ1n) is 10.5. The molecule has 0 spiro atoms. The van der Waals surface area contributed by atoms with E-state index in [-0.39, 0.29) is 5.76 Å². The summed E-state index contributed by atoms with van der Waals surface area (Å²) in [6.07, 6.45) is 1.56. The van der Waals surface area contributed by atoms with Gasteiger partial charge in [-0.05, 0) is 56.7 Å². The van der Waals surface area contributed by atoms with E-state index in [1.165, 1.54) is 0 Å². The van der Waals surface area contributed by atoms with Crippen molar-refractivity contribution in [1.29, 1.82) is 5.26 Å². The summed E-state index contributed by atoms with van der Waals surface area (Å²) in [7, 11) is 1.55. The molecule has 174 valence electrons. The SMILES string of the molecule is COc1ccc2oc(C(=O)OCC(=O)Nc3c(C#N)c(C)c(C)n3Cc3ccco3)c(C)c2c1. The molecule has 0 unspecified atom stereocenters. The van der Waals surface area contributed by atoms with Crippen LogP contribution in [-0.2, 0) is 16.1 Å². The predicted octanol–water partition coefficient (Wildman–Crippen LogP) is 4.48. The third-order valence-electron chi connectivity index (χ3n) is 5.76. The number of fused-ring (bicyclic) bond motifs is 1. The van der Waals surface area contributed by atoms with E-state index in [4.69, 9.17) is 18.3 Å². The molecule has 9 heteroatoms. The summed E-state index contributed by atoms with van der Waals surface area (Å²) in [5.41, 5.74) is 2.99. The fourth-order valence-electron chi connectivity index (χ4n) is 3.77. The van der Waals surface area contributed by atoms with Crippen molar-refractivity contribution in [2.75, 3.05) is 19.0 Å². The first kappa shape index (κ1) is 22.7. The second-order valence-electron chi connectivity index (χ2n) is 7.75. The number of benzene rings is 1. The number of hydrogen-bond donors (Lipinski definition) is 1. The average Bonchev–Trinajstić information content (AvgIpc) is 3.52. The summed E-state index contributed by atoms with van der Waals surface area (Å²) in [4.78, 5) is 25.3. The van der Waals surface area contributed by atoms with E-state index in [2.05, 4.69) is 11.4 Å². The van der Waals surface area contributed by atoms with Crippen LogP contribution in [0, 0.1) is 32.1 Å². The third kappa shape index (κ3) is 4.13. The number of aryl methyl sites for hydroxylation is 1. The molecule has 1 amide bonds. The smallest absolute Gasteiger partial charge is 0.375 e. The maximum atomic E-state index is 12.7. The van der Waals surface area contributed by atoms with Crippen molar-refractivity contribution in [2.45, 2.75) is 27.3 Å². The van der Waals surface area contributed by atoms with Crippen molar-refractivity contribution in [2.24, 2.45) is 0 Å². The van der Waals surface area contributed by atoms with Crippen LogP contribution in [0.4, 0.5) is 5.82 Å². The van der Waals surface area contributed by atoms with Gasteiger partial charge in [0.25, 0.3) is 5.91 Å². The van der Waals surface area contributed by atoms with Crippen molar-refractivity contribution < 1.29 is 27.9 Å². The number of nitrogens with zero attached hydrogens (tertiary/aromatic N) is 2. The Kier molecular flexibility index (Phi) is 6.15. The number of methoxy groups -OCH3 is 1. The molecule has 0 radical (unpaired) electrons. The first-order valence-corrected chi connectivity index (χ1v) is 10.5. The number of carbonyl (C=O) groups is 2. The summed E-state index contributed by atoms with van der Waals surface area (Å²) < 4.78 is 23.2. The highest BCUT2D eigenvalue weighted by atomic mass is 16.5. The standard InChI is InChI=1S/C25H23N3O6/c1-14-16(3)28(12-18-6-5-9-32-18)24(20(14)11-26)27-22(29)13-33-25(30)23-15(2)19-10-17(31-4)7-8-21(19)34-23/h5-10H,12-13H2,1-4H3,(H,27,29). The molecule has 1 N–H and O–H groups in total. The van der Waals surface area contributed by atoms with Gasteiger partial charge in [-0.1, -0.05) is 0 Å². The number of aromatic nitrogens is 1. The molecular weight excluding hydrogens is 438 g/mol. The number of hydrogen-bond acceptors (Lipinski definition) is 7. The van der Waals surface area contributed by atoms with Gasteiger partial charge in [-0.25, -0.2) is 4.79 Å². The Morgan fingerprint density at radius 3 is 2.65 bits per heavy atom. The van der Waals surface area contributed by atoms with Crippen LogP contribution in [0.1, 0.15) is 38.7 Å². The van der Waals surface area contributed by atoms with Gasteiger partial charge in [0, 0.05) is 16.6 Å². The number of nitriles is 1. The molecule has 0 bridgehead atoms. The van der Waals surface area contributed by atoms with Crippen LogP contribution in [0.25, 0.3) is 11.0 Å². The van der Waals surface area contributed by atoms with Gasteiger partial charge < -0.3 is 28.2 Å². The van der Waals surface area contributed by atoms with Crippen molar-refractivity contribution in [3.8, 4) is 11.8 Å². The Hall–Kier alpha value is -4.45. The molecule has 0 aliphatic rings. The maximum absolute atomic E-state index is 12.7. The molecule has 0 aliphatic carbocycles. The molecule has 9 nitrogen and oxygen atoms in total. The lowest BCUT2D eigenvalue weighted by molar-refractivity contribution is -0.119. The monoisotopic (exact) mass is 461 g/mol. The normalized spacial score (nSPS) is 10.8. The van der Waals surface area contributed by atoms with E-state index in [0.717, 1.165) is 16.6 Å². The van der Waals surface area contributed by atoms with Crippen LogP contribution < -0.4 is 10.1 Å². The highest BCUT2D eigenvalue weighted by molar-refractivity contribution is 5.98. The Bertz CT molecular complexity index is 1420. The van der Waals surface area contributed by atoms with Crippen molar-refractivity contribution in [1.82, 2.24) is 4.57 Å². The lowest BCUT2D eigenvalue weighted by Gasteiger charge is -2.12. The number of furan rings is 2. The third-order valence-corrected chi connectivity index (χ3v) is 5.76. The molecule has 4 rings (SSSR count). The summed E-state index contributed by atoms with van der Waals surface area (Å²) in [5.74, 6) is 0.289. The van der Waals surface area contributed by atoms with Crippen LogP contribution in [0.15, 0.2) is 45.4 Å².